The highest BCUT2D eigenvalue weighted by atomic mass is 16.5. The third kappa shape index (κ3) is 9.06. The minimum absolute atomic E-state index is 0.121. The second-order valence-electron chi connectivity index (χ2n) is 13.7. The van der Waals surface area contributed by atoms with E-state index in [0.29, 0.717) is 23.7 Å². The summed E-state index contributed by atoms with van der Waals surface area (Å²) < 4.78 is 23.5. The summed E-state index contributed by atoms with van der Waals surface area (Å²) in [6, 6.07) is 31.2. The van der Waals surface area contributed by atoms with Crippen molar-refractivity contribution in [1.82, 2.24) is 0 Å². The van der Waals surface area contributed by atoms with E-state index in [1.807, 2.05) is 146 Å². The summed E-state index contributed by atoms with van der Waals surface area (Å²) in [6.07, 6.45) is 1.42. The predicted molar refractivity (Wildman–Crippen MR) is 192 cm³/mol. The molecule has 0 amide bonds. The fourth-order valence-corrected chi connectivity index (χ4v) is 5.65. The van der Waals surface area contributed by atoms with Crippen LogP contribution in [0, 0.1) is 11.8 Å². The van der Waals surface area contributed by atoms with Gasteiger partial charge < -0.3 is 18.9 Å². The summed E-state index contributed by atoms with van der Waals surface area (Å²) >= 11 is 0. The second kappa shape index (κ2) is 15.5. The first kappa shape index (κ1) is 36.3. The third-order valence-electron chi connectivity index (χ3n) is 8.93. The Hall–Kier alpha value is -4.58. The zero-order valence-electron chi connectivity index (χ0n) is 29.8. The molecule has 254 valence electrons. The largest absolute Gasteiger partial charge is 0.491 e. The molecular weight excluding hydrogens is 600 g/mol. The van der Waals surface area contributed by atoms with Crippen molar-refractivity contribution in [2.45, 2.75) is 92.3 Å². The Morgan fingerprint density at radius 1 is 0.562 bits per heavy atom. The van der Waals surface area contributed by atoms with Crippen molar-refractivity contribution in [3.63, 3.8) is 0 Å². The van der Waals surface area contributed by atoms with E-state index < -0.39 is 11.5 Å². The number of carbonyl (C=O) groups is 2. The minimum Gasteiger partial charge on any atom is -0.491 e. The van der Waals surface area contributed by atoms with E-state index in [4.69, 9.17) is 18.9 Å². The number of carbonyl (C=O) groups excluding carboxylic acids is 2. The molecule has 2 unspecified atom stereocenters. The summed E-state index contributed by atoms with van der Waals surface area (Å²) in [7, 11) is 0. The summed E-state index contributed by atoms with van der Waals surface area (Å²) in [4.78, 5) is 25.6. The first-order valence-electron chi connectivity index (χ1n) is 16.9. The number of rotatable bonds is 14. The molecule has 0 heterocycles. The molecule has 0 aliphatic rings. The maximum atomic E-state index is 13.4. The van der Waals surface area contributed by atoms with Gasteiger partial charge in [0.1, 0.15) is 28.6 Å². The molecule has 0 N–H and O–H groups in total. The molecular formula is C42H50O6. The lowest BCUT2D eigenvalue weighted by Gasteiger charge is -2.33. The third-order valence-corrected chi connectivity index (χ3v) is 8.93. The fraction of sp³-hybridized carbons (Fsp3) is 0.381. The van der Waals surface area contributed by atoms with E-state index in [0.717, 1.165) is 34.4 Å². The molecule has 0 radical (unpaired) electrons. The van der Waals surface area contributed by atoms with Crippen molar-refractivity contribution in [3.05, 3.63) is 108 Å². The van der Waals surface area contributed by atoms with Crippen LogP contribution in [0.15, 0.2) is 97.1 Å². The van der Waals surface area contributed by atoms with Crippen molar-refractivity contribution < 1.29 is 28.5 Å². The van der Waals surface area contributed by atoms with E-state index in [1.165, 1.54) is 0 Å². The number of esters is 2. The van der Waals surface area contributed by atoms with Gasteiger partial charge in [-0.15, -0.1) is 0 Å². The first-order chi connectivity index (χ1) is 22.7. The van der Waals surface area contributed by atoms with Gasteiger partial charge in [0, 0.05) is 5.41 Å². The van der Waals surface area contributed by atoms with E-state index in [-0.39, 0.29) is 29.4 Å². The SMILES string of the molecule is CCC(C)C(=O)Oc1ccc(C(C)(C)c2ccc(OC(C)(C)C(CC)C(=O)Oc3ccc(-c4ccc(OC(C)C)cc4)cc3)cc2)cc1. The molecule has 0 saturated heterocycles. The molecule has 4 aromatic rings. The molecule has 4 aromatic carbocycles. The highest BCUT2D eigenvalue weighted by molar-refractivity contribution is 5.77. The van der Waals surface area contributed by atoms with E-state index in [9.17, 15) is 9.59 Å². The van der Waals surface area contributed by atoms with Crippen LogP contribution < -0.4 is 18.9 Å². The van der Waals surface area contributed by atoms with Gasteiger partial charge in [-0.2, -0.15) is 0 Å². The molecule has 48 heavy (non-hydrogen) atoms. The van der Waals surface area contributed by atoms with Crippen LogP contribution in [0.1, 0.15) is 86.3 Å². The number of ether oxygens (including phenoxy) is 4. The Balaban J connectivity index is 1.38. The zero-order valence-corrected chi connectivity index (χ0v) is 29.8. The first-order valence-corrected chi connectivity index (χ1v) is 16.9. The minimum atomic E-state index is -0.814. The van der Waals surface area contributed by atoms with Crippen molar-refractivity contribution >= 4 is 11.9 Å². The quantitative estimate of drug-likeness (QED) is 0.0999. The van der Waals surface area contributed by atoms with Crippen molar-refractivity contribution in [1.29, 1.82) is 0 Å². The van der Waals surface area contributed by atoms with Crippen LogP contribution >= 0.6 is 0 Å². The van der Waals surface area contributed by atoms with Crippen LogP contribution in [0.2, 0.25) is 0 Å². The Bertz CT molecular complexity index is 1630. The van der Waals surface area contributed by atoms with Crippen LogP contribution in [-0.2, 0) is 15.0 Å². The number of hydrogen-bond acceptors (Lipinski definition) is 6. The molecule has 0 aliphatic carbocycles. The van der Waals surface area contributed by atoms with Gasteiger partial charge in [-0.25, -0.2) is 0 Å². The maximum Gasteiger partial charge on any atom is 0.318 e. The lowest BCUT2D eigenvalue weighted by atomic mass is 9.78. The van der Waals surface area contributed by atoms with Crippen LogP contribution in [0.4, 0.5) is 0 Å². The summed E-state index contributed by atoms with van der Waals surface area (Å²) in [6.45, 7) is 18.0. The van der Waals surface area contributed by atoms with Crippen LogP contribution in [-0.4, -0.2) is 23.6 Å². The number of hydrogen-bond donors (Lipinski definition) is 0. The van der Waals surface area contributed by atoms with E-state index in [2.05, 4.69) is 13.8 Å². The fourth-order valence-electron chi connectivity index (χ4n) is 5.65. The molecule has 6 heteroatoms. The molecule has 0 aromatic heterocycles. The van der Waals surface area contributed by atoms with Crippen LogP contribution in [0.25, 0.3) is 11.1 Å². The zero-order chi connectivity index (χ0) is 35.1. The summed E-state index contributed by atoms with van der Waals surface area (Å²) in [5.41, 5.74) is 3.16. The molecule has 6 nitrogen and oxygen atoms in total. The normalized spacial score (nSPS) is 13.0. The van der Waals surface area contributed by atoms with Gasteiger partial charge in [0.15, 0.2) is 0 Å². The van der Waals surface area contributed by atoms with Crippen molar-refractivity contribution in [2.24, 2.45) is 11.8 Å². The molecule has 2 atom stereocenters. The van der Waals surface area contributed by atoms with Crippen molar-refractivity contribution in [3.8, 4) is 34.1 Å². The molecule has 0 spiro atoms. The van der Waals surface area contributed by atoms with Crippen molar-refractivity contribution in [2.75, 3.05) is 0 Å². The van der Waals surface area contributed by atoms with Gasteiger partial charge in [-0.05, 0) is 111 Å². The highest BCUT2D eigenvalue weighted by Crippen LogP contribution is 2.35. The Morgan fingerprint density at radius 3 is 1.42 bits per heavy atom. The van der Waals surface area contributed by atoms with Gasteiger partial charge in [-0.3, -0.25) is 9.59 Å². The van der Waals surface area contributed by atoms with Gasteiger partial charge in [0.2, 0.25) is 0 Å². The van der Waals surface area contributed by atoms with Gasteiger partial charge in [0.05, 0.1) is 17.9 Å². The predicted octanol–water partition coefficient (Wildman–Crippen LogP) is 10.2. The average molecular weight is 651 g/mol. The maximum absolute atomic E-state index is 13.4. The van der Waals surface area contributed by atoms with Gasteiger partial charge >= 0.3 is 11.9 Å². The highest BCUT2D eigenvalue weighted by Gasteiger charge is 2.38. The Kier molecular flexibility index (Phi) is 11.7. The lowest BCUT2D eigenvalue weighted by molar-refractivity contribution is -0.146. The van der Waals surface area contributed by atoms with Gasteiger partial charge in [-0.1, -0.05) is 83.1 Å². The number of benzene rings is 4. The molecule has 0 fully saturated rings. The Morgan fingerprint density at radius 2 is 0.979 bits per heavy atom. The van der Waals surface area contributed by atoms with E-state index >= 15 is 0 Å². The van der Waals surface area contributed by atoms with Gasteiger partial charge in [0.25, 0.3) is 0 Å². The lowest BCUT2D eigenvalue weighted by Crippen LogP contribution is -2.43. The monoisotopic (exact) mass is 650 g/mol. The topological polar surface area (TPSA) is 71.1 Å². The molecule has 4 rings (SSSR count). The second-order valence-corrected chi connectivity index (χ2v) is 13.7. The molecule has 0 saturated carbocycles. The van der Waals surface area contributed by atoms with Crippen LogP contribution in [0.3, 0.4) is 0 Å². The Labute approximate surface area is 286 Å². The molecule has 0 bridgehead atoms. The average Bonchev–Trinajstić information content (AvgIpc) is 3.05. The summed E-state index contributed by atoms with van der Waals surface area (Å²) in [5, 5.41) is 0. The molecule has 0 aliphatic heterocycles. The van der Waals surface area contributed by atoms with Crippen LogP contribution in [0.5, 0.6) is 23.0 Å². The van der Waals surface area contributed by atoms with E-state index in [1.54, 1.807) is 0 Å². The standard InChI is InChI=1S/C42H50O6/c1-10-29(5)39(43)46-36-24-16-32(17-25-36)41(6,7)33-18-26-37(27-19-33)48-42(8,9)38(11-2)40(44)47-35-22-14-31(15-23-35)30-12-20-34(21-13-30)45-28(3)4/h12-29,38H,10-11H2,1-9H3. The summed E-state index contributed by atoms with van der Waals surface area (Å²) in [5.74, 6) is 1.37. The smallest absolute Gasteiger partial charge is 0.318 e.